The third-order valence-electron chi connectivity index (χ3n) is 6.25. The summed E-state index contributed by atoms with van der Waals surface area (Å²) in [6.45, 7) is 3.22. The molecule has 0 spiro atoms. The molecule has 10 heteroatoms. The molecule has 2 N–H and O–H groups in total. The van der Waals surface area contributed by atoms with E-state index in [1.54, 1.807) is 29.9 Å². The van der Waals surface area contributed by atoms with Crippen LogP contribution in [0.5, 0.6) is 0 Å². The van der Waals surface area contributed by atoms with Crippen LogP contribution < -0.4 is 5.32 Å². The zero-order valence-corrected chi connectivity index (χ0v) is 19.1. The molecule has 1 fully saturated rings. The predicted octanol–water partition coefficient (Wildman–Crippen LogP) is 5.16. The monoisotopic (exact) mass is 475 g/mol. The molecule has 3 heterocycles. The van der Waals surface area contributed by atoms with Gasteiger partial charge < -0.3 is 10.4 Å². The molecular formula is C24H28F3N5O2. The number of halogens is 3. The van der Waals surface area contributed by atoms with E-state index in [0.717, 1.165) is 29.7 Å². The number of nitrogens with zero attached hydrogens (tertiary/aromatic N) is 4. The van der Waals surface area contributed by atoms with E-state index in [0.29, 0.717) is 30.5 Å². The van der Waals surface area contributed by atoms with E-state index in [1.165, 1.54) is 6.92 Å². The molecule has 1 saturated carbocycles. The minimum atomic E-state index is -4.29. The van der Waals surface area contributed by atoms with E-state index >= 15 is 0 Å². The Morgan fingerprint density at radius 3 is 2.56 bits per heavy atom. The van der Waals surface area contributed by atoms with Crippen LogP contribution in [0.25, 0.3) is 16.6 Å². The van der Waals surface area contributed by atoms with Crippen molar-refractivity contribution in [3.05, 3.63) is 42.0 Å². The molecule has 182 valence electrons. The third-order valence-corrected chi connectivity index (χ3v) is 6.25. The molecule has 1 atom stereocenters. The number of carbonyl (C=O) groups is 1. The zero-order chi connectivity index (χ0) is 24.5. The molecule has 0 amide bonds. The molecule has 3 aromatic heterocycles. The molecule has 3 aromatic rings. The van der Waals surface area contributed by atoms with Crippen molar-refractivity contribution in [1.29, 1.82) is 0 Å². The first-order chi connectivity index (χ1) is 16.1. The van der Waals surface area contributed by atoms with Crippen molar-refractivity contribution < 1.29 is 23.1 Å². The molecule has 1 aliphatic rings. The van der Waals surface area contributed by atoms with Crippen molar-refractivity contribution >= 4 is 17.2 Å². The number of ketones is 1. The number of alkyl halides is 3. The Morgan fingerprint density at radius 1 is 1.21 bits per heavy atom. The Labute approximate surface area is 195 Å². The lowest BCUT2D eigenvalue weighted by molar-refractivity contribution is -0.136. The van der Waals surface area contributed by atoms with Crippen LogP contribution in [0.2, 0.25) is 0 Å². The number of fused-ring (bicyclic) bond motifs is 1. The highest BCUT2D eigenvalue weighted by atomic mass is 19.4. The smallest absolute Gasteiger partial charge is 0.391 e. The minimum Gasteiger partial charge on any atom is -0.393 e. The summed E-state index contributed by atoms with van der Waals surface area (Å²) in [6, 6.07) is 4.65. The highest BCUT2D eigenvalue weighted by Gasteiger charge is 2.30. The van der Waals surface area contributed by atoms with Crippen LogP contribution in [-0.2, 0) is 0 Å². The van der Waals surface area contributed by atoms with Gasteiger partial charge >= 0.3 is 6.18 Å². The molecule has 0 aliphatic heterocycles. The molecule has 0 saturated heterocycles. The van der Waals surface area contributed by atoms with Gasteiger partial charge in [-0.3, -0.25) is 9.78 Å². The average molecular weight is 476 g/mol. The van der Waals surface area contributed by atoms with Gasteiger partial charge in [0, 0.05) is 41.4 Å². The summed E-state index contributed by atoms with van der Waals surface area (Å²) in [7, 11) is 0. The number of hydrogen-bond acceptors (Lipinski definition) is 6. The molecule has 0 radical (unpaired) electrons. The van der Waals surface area contributed by atoms with E-state index < -0.39 is 18.6 Å². The second-order valence-electron chi connectivity index (χ2n) is 8.94. The summed E-state index contributed by atoms with van der Waals surface area (Å²) in [4.78, 5) is 20.5. The minimum absolute atomic E-state index is 0.0400. The van der Waals surface area contributed by atoms with Gasteiger partial charge in [-0.15, -0.1) is 5.10 Å². The summed E-state index contributed by atoms with van der Waals surface area (Å²) in [5, 5.41) is 17.2. The van der Waals surface area contributed by atoms with Crippen LogP contribution in [-0.4, -0.2) is 48.8 Å². The summed E-state index contributed by atoms with van der Waals surface area (Å²) in [5.74, 6) is 0.223. The van der Waals surface area contributed by atoms with Gasteiger partial charge in [0.15, 0.2) is 5.78 Å². The lowest BCUT2D eigenvalue weighted by atomic mass is 9.85. The van der Waals surface area contributed by atoms with Crippen LogP contribution in [0.3, 0.4) is 0 Å². The number of anilines is 1. The molecule has 34 heavy (non-hydrogen) atoms. The number of carbonyl (C=O) groups excluding carboxylic acids is 1. The Kier molecular flexibility index (Phi) is 6.88. The second-order valence-corrected chi connectivity index (χ2v) is 8.94. The first-order valence-corrected chi connectivity index (χ1v) is 11.5. The average Bonchev–Trinajstić information content (AvgIpc) is 3.16. The number of rotatable bonds is 7. The number of pyridine rings is 1. The van der Waals surface area contributed by atoms with Gasteiger partial charge in [-0.2, -0.15) is 13.2 Å². The molecule has 0 aromatic carbocycles. The molecule has 0 unspecified atom stereocenters. The van der Waals surface area contributed by atoms with Gasteiger partial charge in [0.2, 0.25) is 5.95 Å². The highest BCUT2D eigenvalue weighted by Crippen LogP contribution is 2.37. The maximum Gasteiger partial charge on any atom is 0.391 e. The summed E-state index contributed by atoms with van der Waals surface area (Å²) < 4.78 is 40.0. The van der Waals surface area contributed by atoms with Crippen LogP contribution in [0, 0.1) is 0 Å². The van der Waals surface area contributed by atoms with E-state index in [2.05, 4.69) is 20.4 Å². The van der Waals surface area contributed by atoms with E-state index in [9.17, 15) is 23.1 Å². The quantitative estimate of drug-likeness (QED) is 0.459. The maximum absolute atomic E-state index is 12.8. The predicted molar refractivity (Wildman–Crippen MR) is 122 cm³/mol. The summed E-state index contributed by atoms with van der Waals surface area (Å²) >= 11 is 0. The van der Waals surface area contributed by atoms with E-state index in [1.807, 2.05) is 12.1 Å². The zero-order valence-electron chi connectivity index (χ0n) is 19.1. The number of aliphatic hydroxyl groups is 1. The van der Waals surface area contributed by atoms with Crippen LogP contribution in [0.4, 0.5) is 19.1 Å². The lowest BCUT2D eigenvalue weighted by Gasteiger charge is -2.25. The van der Waals surface area contributed by atoms with Crippen molar-refractivity contribution in [3.8, 4) is 11.1 Å². The third kappa shape index (κ3) is 5.38. The van der Waals surface area contributed by atoms with Gasteiger partial charge in [-0.25, -0.2) is 9.50 Å². The summed E-state index contributed by atoms with van der Waals surface area (Å²) in [5.41, 5.74) is 3.64. The van der Waals surface area contributed by atoms with Crippen molar-refractivity contribution in [2.75, 3.05) is 5.32 Å². The second kappa shape index (κ2) is 9.69. The fraction of sp³-hybridized carbons (Fsp3) is 0.500. The van der Waals surface area contributed by atoms with Gasteiger partial charge in [0.05, 0.1) is 24.2 Å². The topological polar surface area (TPSA) is 92.4 Å². The van der Waals surface area contributed by atoms with Crippen molar-refractivity contribution in [2.45, 2.75) is 76.6 Å². The van der Waals surface area contributed by atoms with Crippen molar-refractivity contribution in [2.24, 2.45) is 0 Å². The van der Waals surface area contributed by atoms with E-state index in [4.69, 9.17) is 0 Å². The molecule has 7 nitrogen and oxygen atoms in total. The largest absolute Gasteiger partial charge is 0.393 e. The fourth-order valence-electron chi connectivity index (χ4n) is 4.49. The van der Waals surface area contributed by atoms with Crippen LogP contribution in [0.15, 0.2) is 30.6 Å². The Morgan fingerprint density at radius 2 is 1.94 bits per heavy atom. The van der Waals surface area contributed by atoms with Crippen molar-refractivity contribution in [1.82, 2.24) is 19.6 Å². The highest BCUT2D eigenvalue weighted by molar-refractivity contribution is 5.94. The SMILES string of the molecule is CCC(=O)c1ccc(-c2cc(C3CCC(O)CC3)n3nc(N[C@@H](C)CC(F)(F)F)ncc23)cn1. The Balaban J connectivity index is 1.72. The van der Waals surface area contributed by atoms with Gasteiger partial charge in [-0.1, -0.05) is 13.0 Å². The Hall–Kier alpha value is -3.01. The van der Waals surface area contributed by atoms with Crippen molar-refractivity contribution in [3.63, 3.8) is 0 Å². The van der Waals surface area contributed by atoms with Gasteiger partial charge in [-0.05, 0) is 44.7 Å². The molecule has 4 rings (SSSR count). The summed E-state index contributed by atoms with van der Waals surface area (Å²) in [6.07, 6.45) is 0.944. The standard InChI is InChI=1S/C24H28F3N5O2/c1-3-22(34)19-9-6-16(12-28-19)18-10-20(15-4-7-17(33)8-5-15)32-21(18)13-29-23(31-32)30-14(2)11-24(25,26)27/h6,9-10,12-15,17,33H,3-5,7-8,11H2,1-2H3,(H,30,31)/t14-,15?,17?/m0/s1. The van der Waals surface area contributed by atoms with Gasteiger partial charge in [0.25, 0.3) is 0 Å². The molecule has 1 aliphatic carbocycles. The Bertz CT molecular complexity index is 1150. The van der Waals surface area contributed by atoms with Crippen LogP contribution in [0.1, 0.15) is 74.5 Å². The first-order valence-electron chi connectivity index (χ1n) is 11.5. The normalized spacial score (nSPS) is 19.8. The van der Waals surface area contributed by atoms with Gasteiger partial charge in [0.1, 0.15) is 5.69 Å². The van der Waals surface area contributed by atoms with Crippen LogP contribution >= 0.6 is 0 Å². The lowest BCUT2D eigenvalue weighted by Crippen LogP contribution is -2.25. The number of nitrogens with one attached hydrogen (secondary N) is 1. The number of aromatic nitrogens is 4. The molecular weight excluding hydrogens is 447 g/mol. The fourth-order valence-corrected chi connectivity index (χ4v) is 4.49. The molecule has 0 bridgehead atoms. The van der Waals surface area contributed by atoms with E-state index in [-0.39, 0.29) is 23.8 Å². The first kappa shape index (κ1) is 24.1. The maximum atomic E-state index is 12.8. The number of Topliss-reactive ketones (excluding diaryl/α,β-unsaturated/α-hetero) is 1. The number of hydrogen-bond donors (Lipinski definition) is 2. The number of aliphatic hydroxyl groups excluding tert-OH is 1.